The Morgan fingerprint density at radius 2 is 0.836 bits per heavy atom. The van der Waals surface area contributed by atoms with E-state index in [0.29, 0.717) is 0 Å². The molecule has 0 atom stereocenters. The van der Waals surface area contributed by atoms with Gasteiger partial charge >= 0.3 is 0 Å². The van der Waals surface area contributed by atoms with Crippen molar-refractivity contribution in [2.24, 2.45) is 0 Å². The summed E-state index contributed by atoms with van der Waals surface area (Å²) in [6.07, 6.45) is 1.11. The minimum absolute atomic E-state index is 0.0147. The van der Waals surface area contributed by atoms with Gasteiger partial charge in [-0.15, -0.1) is 0 Å². The Morgan fingerprint density at radius 1 is 0.388 bits per heavy atom. The SMILES string of the molecule is CCc1ccc2c(c1)C(C)(C)c1ccccc1-2.Cc1ccc2c(c1)C(C)(C)c1ccccc1-2.Cc1cccc2c1-c1cc(C(C)(C)C)cc(C(C)(C)C)c1C21c2ccccc2-c2ccccc21. The van der Waals surface area contributed by atoms with Crippen molar-refractivity contribution in [3.8, 4) is 44.5 Å². The van der Waals surface area contributed by atoms with Crippen molar-refractivity contribution < 1.29 is 0 Å². The van der Waals surface area contributed by atoms with Crippen LogP contribution in [0.2, 0.25) is 0 Å². The predicted molar refractivity (Wildman–Crippen MR) is 287 cm³/mol. The Balaban J connectivity index is 0.000000132. The molecule has 0 saturated heterocycles. The summed E-state index contributed by atoms with van der Waals surface area (Å²) in [6, 6.07) is 61.5. The lowest BCUT2D eigenvalue weighted by molar-refractivity contribution is 0.558. The molecule has 1 spiro atoms. The molecule has 0 aliphatic heterocycles. The van der Waals surface area contributed by atoms with Crippen LogP contribution >= 0.6 is 0 Å². The summed E-state index contributed by atoms with van der Waals surface area (Å²) in [4.78, 5) is 0. The molecule has 8 aromatic rings. The molecule has 0 fully saturated rings. The molecule has 4 aliphatic rings. The van der Waals surface area contributed by atoms with E-state index in [9.17, 15) is 0 Å². The second-order valence-corrected chi connectivity index (χ2v) is 22.9. The van der Waals surface area contributed by atoms with Crippen LogP contribution in [-0.2, 0) is 33.5 Å². The number of benzene rings is 8. The Kier molecular flexibility index (Phi) is 10.4. The molecule has 0 N–H and O–H groups in total. The van der Waals surface area contributed by atoms with Crippen molar-refractivity contribution >= 4 is 0 Å². The third-order valence-corrected chi connectivity index (χ3v) is 15.9. The van der Waals surface area contributed by atoms with Gasteiger partial charge in [0.15, 0.2) is 0 Å². The highest BCUT2D eigenvalue weighted by Crippen LogP contribution is 2.65. The molecule has 0 aromatic heterocycles. The largest absolute Gasteiger partial charge is 0.0728 e. The topological polar surface area (TPSA) is 0 Å². The van der Waals surface area contributed by atoms with E-state index < -0.39 is 0 Å². The van der Waals surface area contributed by atoms with Gasteiger partial charge in [-0.05, 0) is 142 Å². The molecule has 0 saturated carbocycles. The average Bonchev–Trinajstić information content (AvgIpc) is 3.94. The van der Waals surface area contributed by atoms with Crippen LogP contribution in [0.1, 0.15) is 148 Å². The average molecular weight is 873 g/mol. The van der Waals surface area contributed by atoms with Gasteiger partial charge in [-0.3, -0.25) is 0 Å². The maximum absolute atomic E-state index is 2.52. The summed E-state index contributed by atoms with van der Waals surface area (Å²) < 4.78 is 0. The number of aryl methyl sites for hydroxylation is 3. The lowest BCUT2D eigenvalue weighted by atomic mass is 9.65. The van der Waals surface area contributed by atoms with Gasteiger partial charge in [-0.1, -0.05) is 246 Å². The van der Waals surface area contributed by atoms with E-state index >= 15 is 0 Å². The third-order valence-electron chi connectivity index (χ3n) is 15.9. The highest BCUT2D eigenvalue weighted by atomic mass is 14.5. The summed E-state index contributed by atoms with van der Waals surface area (Å²) >= 11 is 0. The first-order valence-electron chi connectivity index (χ1n) is 24.7. The van der Waals surface area contributed by atoms with Crippen LogP contribution in [0.15, 0.2) is 164 Å². The molecule has 4 aliphatic carbocycles. The summed E-state index contributed by atoms with van der Waals surface area (Å²) in [6.45, 7) is 30.1. The molecular formula is C67H68. The second kappa shape index (κ2) is 15.7. The maximum atomic E-state index is 2.52. The van der Waals surface area contributed by atoms with Gasteiger partial charge in [-0.2, -0.15) is 0 Å². The fraction of sp³-hybridized carbons (Fsp3) is 0.284. The maximum Gasteiger partial charge on any atom is 0.0728 e. The quantitative estimate of drug-likeness (QED) is 0.154. The minimum atomic E-state index is -0.275. The summed E-state index contributed by atoms with van der Waals surface area (Å²) in [5, 5.41) is 0. The first kappa shape index (κ1) is 44.6. The van der Waals surface area contributed by atoms with Gasteiger partial charge in [0.05, 0.1) is 5.41 Å². The highest BCUT2D eigenvalue weighted by molar-refractivity contribution is 5.97. The fourth-order valence-electron chi connectivity index (χ4n) is 12.3. The third kappa shape index (κ3) is 6.76. The summed E-state index contributed by atoms with van der Waals surface area (Å²) in [7, 11) is 0. The highest BCUT2D eigenvalue weighted by Gasteiger charge is 2.54. The molecule has 8 aromatic carbocycles. The van der Waals surface area contributed by atoms with E-state index in [2.05, 4.69) is 254 Å². The zero-order valence-corrected chi connectivity index (χ0v) is 42.3. The van der Waals surface area contributed by atoms with E-state index in [1.54, 1.807) is 0 Å². The molecule has 0 heteroatoms. The van der Waals surface area contributed by atoms with E-state index in [4.69, 9.17) is 0 Å². The van der Waals surface area contributed by atoms with Gasteiger partial charge in [0.1, 0.15) is 0 Å². The van der Waals surface area contributed by atoms with Gasteiger partial charge in [0.2, 0.25) is 0 Å². The lowest BCUT2D eigenvalue weighted by Crippen LogP contribution is -2.30. The number of hydrogen-bond donors (Lipinski definition) is 0. The molecule has 0 amide bonds. The van der Waals surface area contributed by atoms with E-state index in [-0.39, 0.29) is 27.1 Å². The van der Waals surface area contributed by atoms with E-state index in [0.717, 1.165) is 6.42 Å². The van der Waals surface area contributed by atoms with Crippen molar-refractivity contribution in [2.45, 2.75) is 124 Å². The molecule has 0 nitrogen and oxygen atoms in total. The molecule has 336 valence electrons. The Bertz CT molecular complexity index is 3210. The number of rotatable bonds is 1. The Labute approximate surface area is 402 Å². The first-order valence-corrected chi connectivity index (χ1v) is 24.7. The molecule has 12 rings (SSSR count). The normalized spacial score (nSPS) is 15.4. The number of hydrogen-bond acceptors (Lipinski definition) is 0. The van der Waals surface area contributed by atoms with Crippen molar-refractivity contribution in [3.05, 3.63) is 236 Å². The first-order chi connectivity index (χ1) is 31.8. The van der Waals surface area contributed by atoms with Gasteiger partial charge in [-0.25, -0.2) is 0 Å². The van der Waals surface area contributed by atoms with Crippen molar-refractivity contribution in [1.29, 1.82) is 0 Å². The number of fused-ring (bicyclic) bond motifs is 16. The van der Waals surface area contributed by atoms with Crippen LogP contribution in [0.4, 0.5) is 0 Å². The monoisotopic (exact) mass is 873 g/mol. The zero-order valence-electron chi connectivity index (χ0n) is 42.3. The smallest absolute Gasteiger partial charge is 0.0619 e. The standard InChI is InChI=1S/C34H34.C17H18.C16H16/c1-21-13-12-18-28-30(21)25-19-22(32(2,3)4)20-29(33(5,6)7)31(25)34(28)26-16-10-8-14-23(26)24-15-9-11-17-27(24)34;1-4-12-9-10-14-13-7-5-6-8-15(13)17(2,3)16(14)11-12;1-11-8-9-13-12-6-4-5-7-14(12)16(2,3)15(13)10-11/h8-20H,1-7H3;5-11H,4H2,1-3H3;4-10H,1-3H3. The van der Waals surface area contributed by atoms with Gasteiger partial charge in [0.25, 0.3) is 0 Å². The molecular weight excluding hydrogens is 805 g/mol. The molecule has 0 heterocycles. The predicted octanol–water partition coefficient (Wildman–Crippen LogP) is 17.8. The Hall–Kier alpha value is -6.24. The summed E-state index contributed by atoms with van der Waals surface area (Å²) in [5.41, 5.74) is 30.1. The molecule has 0 bridgehead atoms. The lowest BCUT2D eigenvalue weighted by Gasteiger charge is -2.36. The zero-order chi connectivity index (χ0) is 47.4. The van der Waals surface area contributed by atoms with Crippen molar-refractivity contribution in [3.63, 3.8) is 0 Å². The van der Waals surface area contributed by atoms with Crippen LogP contribution in [0.25, 0.3) is 44.5 Å². The molecule has 0 radical (unpaired) electrons. The van der Waals surface area contributed by atoms with Crippen LogP contribution in [0.5, 0.6) is 0 Å². The van der Waals surface area contributed by atoms with Crippen molar-refractivity contribution in [2.75, 3.05) is 0 Å². The fourth-order valence-corrected chi connectivity index (χ4v) is 12.3. The van der Waals surface area contributed by atoms with E-state index in [1.165, 1.54) is 117 Å². The second-order valence-electron chi connectivity index (χ2n) is 22.9. The van der Waals surface area contributed by atoms with Crippen LogP contribution in [0.3, 0.4) is 0 Å². The van der Waals surface area contributed by atoms with Crippen LogP contribution in [0, 0.1) is 13.8 Å². The van der Waals surface area contributed by atoms with Gasteiger partial charge in [0, 0.05) is 10.8 Å². The minimum Gasteiger partial charge on any atom is -0.0619 e. The Morgan fingerprint density at radius 3 is 1.34 bits per heavy atom. The van der Waals surface area contributed by atoms with Crippen LogP contribution in [-0.4, -0.2) is 0 Å². The summed E-state index contributed by atoms with van der Waals surface area (Å²) in [5.74, 6) is 0. The molecule has 67 heavy (non-hydrogen) atoms. The van der Waals surface area contributed by atoms with Crippen LogP contribution < -0.4 is 0 Å². The van der Waals surface area contributed by atoms with Crippen molar-refractivity contribution in [1.82, 2.24) is 0 Å². The molecule has 0 unspecified atom stereocenters. The van der Waals surface area contributed by atoms with E-state index in [1.807, 2.05) is 0 Å². The van der Waals surface area contributed by atoms with Gasteiger partial charge < -0.3 is 0 Å².